The Kier molecular flexibility index (Phi) is 4.43. The van der Waals surface area contributed by atoms with E-state index in [0.29, 0.717) is 23.0 Å². The van der Waals surface area contributed by atoms with Crippen molar-refractivity contribution < 1.29 is 32.6 Å². The number of phenols is 1. The fourth-order valence-corrected chi connectivity index (χ4v) is 3.45. The number of aromatic nitrogens is 1. The number of benzene rings is 2. The summed E-state index contributed by atoms with van der Waals surface area (Å²) in [6.07, 6.45) is -4.86. The van der Waals surface area contributed by atoms with Gasteiger partial charge in [0.25, 0.3) is 0 Å². The molecule has 0 radical (unpaired) electrons. The Morgan fingerprint density at radius 3 is 2.46 bits per heavy atom. The van der Waals surface area contributed by atoms with Gasteiger partial charge in [0.15, 0.2) is 0 Å². The lowest BCUT2D eigenvalue weighted by Crippen LogP contribution is -2.12. The molecule has 0 amide bonds. The Morgan fingerprint density at radius 2 is 1.85 bits per heavy atom. The molecule has 3 aromatic rings. The highest BCUT2D eigenvalue weighted by atomic mass is 79.9. The van der Waals surface area contributed by atoms with E-state index in [1.54, 1.807) is 0 Å². The topological polar surface area (TPSA) is 62.5 Å². The van der Waals surface area contributed by atoms with Crippen LogP contribution in [-0.4, -0.2) is 20.7 Å². The second-order valence-corrected chi connectivity index (χ2v) is 6.36. The molecule has 136 valence electrons. The number of nitrogens with zero attached hydrogens (tertiary/aromatic N) is 1. The molecule has 0 atom stereocenters. The summed E-state index contributed by atoms with van der Waals surface area (Å²) in [4.78, 5) is 11.6. The van der Waals surface area contributed by atoms with Gasteiger partial charge in [0.05, 0.1) is 15.6 Å². The minimum atomic E-state index is -4.86. The predicted octanol–water partition coefficient (Wildman–Crippen LogP) is 5.01. The number of fused-ring (bicyclic) bond motifs is 1. The molecule has 0 unspecified atom stereocenters. The molecule has 26 heavy (non-hydrogen) atoms. The van der Waals surface area contributed by atoms with Crippen LogP contribution in [0.5, 0.6) is 5.75 Å². The molecule has 1 aromatic heterocycles. The van der Waals surface area contributed by atoms with E-state index in [9.17, 15) is 32.6 Å². The van der Waals surface area contributed by atoms with Crippen LogP contribution in [0.2, 0.25) is 0 Å². The molecule has 0 aliphatic rings. The Morgan fingerprint density at radius 1 is 1.15 bits per heavy atom. The van der Waals surface area contributed by atoms with Crippen LogP contribution in [0.1, 0.15) is 21.6 Å². The summed E-state index contributed by atoms with van der Waals surface area (Å²) < 4.78 is 53.6. The molecule has 2 N–H and O–H groups in total. The van der Waals surface area contributed by atoms with Crippen molar-refractivity contribution in [3.8, 4) is 5.75 Å². The van der Waals surface area contributed by atoms with Crippen molar-refractivity contribution in [3.63, 3.8) is 0 Å². The van der Waals surface area contributed by atoms with Crippen molar-refractivity contribution in [2.75, 3.05) is 0 Å². The van der Waals surface area contributed by atoms with Gasteiger partial charge in [-0.25, -0.2) is 9.18 Å². The monoisotopic (exact) mass is 431 g/mol. The van der Waals surface area contributed by atoms with Crippen molar-refractivity contribution in [1.82, 2.24) is 4.57 Å². The van der Waals surface area contributed by atoms with Crippen LogP contribution in [0, 0.1) is 5.82 Å². The molecule has 0 aliphatic heterocycles. The number of carbonyl (C=O) groups is 1. The molecule has 0 saturated carbocycles. The van der Waals surface area contributed by atoms with E-state index in [2.05, 4.69) is 15.9 Å². The van der Waals surface area contributed by atoms with E-state index in [0.717, 1.165) is 6.07 Å². The molecule has 2 aromatic carbocycles. The Labute approximate surface area is 152 Å². The Balaban J connectivity index is 2.18. The summed E-state index contributed by atoms with van der Waals surface area (Å²) >= 11 is 3.16. The fourth-order valence-electron chi connectivity index (χ4n) is 2.75. The van der Waals surface area contributed by atoms with Gasteiger partial charge in [-0.3, -0.25) is 0 Å². The summed E-state index contributed by atoms with van der Waals surface area (Å²) in [6.45, 7) is -0.224. The lowest BCUT2D eigenvalue weighted by atomic mass is 10.1. The SMILES string of the molecule is O=C(O)c1c(Br)c2cc(O)ccc2n1Cc1ccc(F)c(C(F)(F)F)c1. The molecule has 0 fully saturated rings. The number of carboxylic acid groups (broad SMARTS) is 1. The Bertz CT molecular complexity index is 1030. The normalized spacial score (nSPS) is 11.9. The number of carboxylic acids is 1. The molecular formula is C17H10BrF4NO3. The maximum absolute atomic E-state index is 13.5. The third kappa shape index (κ3) is 3.14. The number of rotatable bonds is 3. The average Bonchev–Trinajstić information content (AvgIpc) is 2.80. The van der Waals surface area contributed by atoms with Gasteiger partial charge in [0, 0.05) is 11.9 Å². The van der Waals surface area contributed by atoms with Crippen molar-refractivity contribution in [1.29, 1.82) is 0 Å². The largest absolute Gasteiger partial charge is 0.508 e. The number of aromatic hydroxyl groups is 1. The number of halogens is 5. The first-order valence-corrected chi connectivity index (χ1v) is 7.98. The van der Waals surface area contributed by atoms with E-state index in [1.807, 2.05) is 0 Å². The van der Waals surface area contributed by atoms with Crippen LogP contribution in [-0.2, 0) is 12.7 Å². The maximum Gasteiger partial charge on any atom is 0.419 e. The van der Waals surface area contributed by atoms with Gasteiger partial charge in [-0.1, -0.05) is 6.07 Å². The van der Waals surface area contributed by atoms with Crippen LogP contribution < -0.4 is 0 Å². The third-order valence-electron chi connectivity index (χ3n) is 3.86. The van der Waals surface area contributed by atoms with E-state index >= 15 is 0 Å². The van der Waals surface area contributed by atoms with E-state index in [4.69, 9.17) is 0 Å². The minimum Gasteiger partial charge on any atom is -0.508 e. The second kappa shape index (κ2) is 6.31. The van der Waals surface area contributed by atoms with Gasteiger partial charge in [0.2, 0.25) is 0 Å². The quantitative estimate of drug-likeness (QED) is 0.572. The van der Waals surface area contributed by atoms with Gasteiger partial charge >= 0.3 is 12.1 Å². The van der Waals surface area contributed by atoms with Crippen LogP contribution in [0.4, 0.5) is 17.6 Å². The van der Waals surface area contributed by atoms with E-state index < -0.39 is 23.5 Å². The van der Waals surface area contributed by atoms with Crippen molar-refractivity contribution in [3.05, 3.63) is 63.5 Å². The maximum atomic E-state index is 13.5. The van der Waals surface area contributed by atoms with Gasteiger partial charge in [-0.05, 0) is 51.8 Å². The lowest BCUT2D eigenvalue weighted by molar-refractivity contribution is -0.140. The smallest absolute Gasteiger partial charge is 0.419 e. The predicted molar refractivity (Wildman–Crippen MR) is 88.8 cm³/mol. The van der Waals surface area contributed by atoms with Gasteiger partial charge in [0.1, 0.15) is 17.3 Å². The highest BCUT2D eigenvalue weighted by Crippen LogP contribution is 2.35. The van der Waals surface area contributed by atoms with E-state index in [1.165, 1.54) is 22.8 Å². The number of hydrogen-bond acceptors (Lipinski definition) is 2. The average molecular weight is 432 g/mol. The first-order valence-electron chi connectivity index (χ1n) is 7.19. The summed E-state index contributed by atoms with van der Waals surface area (Å²) in [5.41, 5.74) is -1.13. The molecule has 1 heterocycles. The van der Waals surface area contributed by atoms with Gasteiger partial charge < -0.3 is 14.8 Å². The molecule has 0 spiro atoms. The number of aromatic carboxylic acids is 1. The van der Waals surface area contributed by atoms with Crippen LogP contribution in [0.15, 0.2) is 40.9 Å². The van der Waals surface area contributed by atoms with Crippen LogP contribution in [0.25, 0.3) is 10.9 Å². The zero-order valence-electron chi connectivity index (χ0n) is 12.8. The number of hydrogen-bond donors (Lipinski definition) is 2. The van der Waals surface area contributed by atoms with Gasteiger partial charge in [-0.15, -0.1) is 0 Å². The molecule has 4 nitrogen and oxygen atoms in total. The third-order valence-corrected chi connectivity index (χ3v) is 4.67. The summed E-state index contributed by atoms with van der Waals surface area (Å²) in [7, 11) is 0. The first-order chi connectivity index (χ1) is 12.1. The molecule has 3 rings (SSSR count). The van der Waals surface area contributed by atoms with Crippen molar-refractivity contribution in [2.24, 2.45) is 0 Å². The van der Waals surface area contributed by atoms with Crippen molar-refractivity contribution in [2.45, 2.75) is 12.7 Å². The molecule has 0 bridgehead atoms. The highest BCUT2D eigenvalue weighted by molar-refractivity contribution is 9.10. The van der Waals surface area contributed by atoms with Crippen LogP contribution in [0.3, 0.4) is 0 Å². The minimum absolute atomic E-state index is 0.0821. The zero-order valence-corrected chi connectivity index (χ0v) is 14.4. The second-order valence-electron chi connectivity index (χ2n) is 5.57. The fraction of sp³-hybridized carbons (Fsp3) is 0.118. The lowest BCUT2D eigenvalue weighted by Gasteiger charge is -2.12. The summed E-state index contributed by atoms with van der Waals surface area (Å²) in [5.74, 6) is -2.79. The molecule has 9 heteroatoms. The number of alkyl halides is 3. The summed E-state index contributed by atoms with van der Waals surface area (Å²) in [6, 6.07) is 6.65. The molecule has 0 saturated heterocycles. The van der Waals surface area contributed by atoms with Crippen LogP contribution >= 0.6 is 15.9 Å². The molecule has 0 aliphatic carbocycles. The van der Waals surface area contributed by atoms with E-state index in [-0.39, 0.29) is 28.0 Å². The van der Waals surface area contributed by atoms with Crippen molar-refractivity contribution >= 4 is 32.8 Å². The first kappa shape index (κ1) is 18.2. The zero-order chi connectivity index (χ0) is 19.2. The standard InChI is InChI=1S/C17H10BrF4NO3/c18-14-10-6-9(24)2-4-13(10)23(15(14)16(25)26)7-8-1-3-12(19)11(5-8)17(20,21)22/h1-6,24H,7H2,(H,25,26). The Hall–Kier alpha value is -2.55. The molecular weight excluding hydrogens is 422 g/mol. The summed E-state index contributed by atoms with van der Waals surface area (Å²) in [5, 5.41) is 19.5. The van der Waals surface area contributed by atoms with Gasteiger partial charge in [-0.2, -0.15) is 13.2 Å². The number of phenolic OH excluding ortho intramolecular Hbond substituents is 1. The highest BCUT2D eigenvalue weighted by Gasteiger charge is 2.34.